The third-order valence-corrected chi connectivity index (χ3v) is 4.01. The van der Waals surface area contributed by atoms with E-state index in [1.54, 1.807) is 6.07 Å². The summed E-state index contributed by atoms with van der Waals surface area (Å²) in [6.07, 6.45) is 2.08. The average Bonchev–Trinajstić information content (AvgIpc) is 2.27. The quantitative estimate of drug-likeness (QED) is 0.864. The highest BCUT2D eigenvalue weighted by Gasteiger charge is 2.44. The summed E-state index contributed by atoms with van der Waals surface area (Å²) in [5.74, 6) is 0.436. The highest BCUT2D eigenvalue weighted by molar-refractivity contribution is 6.30. The van der Waals surface area contributed by atoms with Crippen molar-refractivity contribution in [3.8, 4) is 0 Å². The molecule has 0 heterocycles. The van der Waals surface area contributed by atoms with Crippen molar-refractivity contribution in [1.29, 1.82) is 0 Å². The highest BCUT2D eigenvalue weighted by Crippen LogP contribution is 2.48. The van der Waals surface area contributed by atoms with Gasteiger partial charge in [0.25, 0.3) is 0 Å². The smallest absolute Gasteiger partial charge is 0.145 e. The van der Waals surface area contributed by atoms with Gasteiger partial charge in [0.05, 0.1) is 5.02 Å². The maximum Gasteiger partial charge on any atom is 0.145 e. The molecule has 0 saturated heterocycles. The van der Waals surface area contributed by atoms with Crippen molar-refractivity contribution in [3.05, 3.63) is 34.6 Å². The fourth-order valence-electron chi connectivity index (χ4n) is 3.01. The Bertz CT molecular complexity index is 399. The minimum atomic E-state index is -0.237. The van der Waals surface area contributed by atoms with Crippen molar-refractivity contribution in [3.63, 3.8) is 0 Å². The first-order valence-electron chi connectivity index (χ1n) is 6.24. The number of benzene rings is 1. The van der Waals surface area contributed by atoms with E-state index in [2.05, 4.69) is 19.2 Å². The van der Waals surface area contributed by atoms with Crippen LogP contribution < -0.4 is 5.32 Å². The Morgan fingerprint density at radius 1 is 1.47 bits per heavy atom. The van der Waals surface area contributed by atoms with Crippen molar-refractivity contribution in [2.45, 2.75) is 32.1 Å². The maximum atomic E-state index is 14.1. The van der Waals surface area contributed by atoms with Crippen LogP contribution in [-0.4, -0.2) is 13.1 Å². The summed E-state index contributed by atoms with van der Waals surface area (Å²) in [5, 5.41) is 3.58. The number of likely N-dealkylation sites (N-methyl/N-ethyl adjacent to an activating group) is 1. The van der Waals surface area contributed by atoms with Crippen molar-refractivity contribution in [1.82, 2.24) is 5.32 Å². The molecule has 1 aromatic rings. The molecule has 0 radical (unpaired) electrons. The molecule has 1 saturated carbocycles. The summed E-state index contributed by atoms with van der Waals surface area (Å²) in [5.41, 5.74) is 0.730. The number of halogens is 2. The second-order valence-corrected chi connectivity index (χ2v) is 5.58. The lowest BCUT2D eigenvalue weighted by Crippen LogP contribution is -2.48. The molecule has 1 N–H and O–H groups in total. The molecule has 1 aliphatic carbocycles. The molecule has 94 valence electrons. The topological polar surface area (TPSA) is 12.0 Å². The molecule has 1 fully saturated rings. The molecule has 0 spiro atoms. The van der Waals surface area contributed by atoms with E-state index < -0.39 is 0 Å². The zero-order valence-electron chi connectivity index (χ0n) is 10.4. The summed E-state index contributed by atoms with van der Waals surface area (Å²) in [4.78, 5) is 0. The monoisotopic (exact) mass is 255 g/mol. The molecule has 1 aromatic carbocycles. The van der Waals surface area contributed by atoms with E-state index >= 15 is 0 Å². The van der Waals surface area contributed by atoms with Crippen molar-refractivity contribution >= 4 is 11.6 Å². The van der Waals surface area contributed by atoms with Crippen molar-refractivity contribution < 1.29 is 4.39 Å². The van der Waals surface area contributed by atoms with Gasteiger partial charge in [0, 0.05) is 12.0 Å². The van der Waals surface area contributed by atoms with Crippen LogP contribution in [0.25, 0.3) is 0 Å². The van der Waals surface area contributed by atoms with Gasteiger partial charge < -0.3 is 5.32 Å². The zero-order valence-corrected chi connectivity index (χ0v) is 11.1. The Labute approximate surface area is 107 Å². The largest absolute Gasteiger partial charge is 0.316 e. The second kappa shape index (κ2) is 4.95. The van der Waals surface area contributed by atoms with Gasteiger partial charge in [-0.3, -0.25) is 0 Å². The molecular weight excluding hydrogens is 237 g/mol. The standard InChI is InChI=1S/C14H19ClFN/c1-3-17-9-14(7-10(2)8-14)11-5-4-6-12(15)13(11)16/h4-6,10,17H,3,7-9H2,1-2H3. The number of rotatable bonds is 4. The molecule has 0 bridgehead atoms. The Hall–Kier alpha value is -0.600. The van der Waals surface area contributed by atoms with Crippen LogP contribution in [0.3, 0.4) is 0 Å². The predicted molar refractivity (Wildman–Crippen MR) is 70.0 cm³/mol. The molecule has 1 aliphatic rings. The van der Waals surface area contributed by atoms with E-state index in [0.717, 1.165) is 31.5 Å². The van der Waals surface area contributed by atoms with Crippen LogP contribution in [0.5, 0.6) is 0 Å². The number of hydrogen-bond donors (Lipinski definition) is 1. The molecule has 3 heteroatoms. The lowest BCUT2D eigenvalue weighted by molar-refractivity contribution is 0.149. The van der Waals surface area contributed by atoms with Gasteiger partial charge in [-0.25, -0.2) is 4.39 Å². The summed E-state index contributed by atoms with van der Waals surface area (Å²) in [7, 11) is 0. The SMILES string of the molecule is CCNCC1(c2cccc(Cl)c2F)CC(C)C1. The van der Waals surface area contributed by atoms with E-state index in [0.29, 0.717) is 5.92 Å². The van der Waals surface area contributed by atoms with Crippen LogP contribution in [0.1, 0.15) is 32.3 Å². The minimum absolute atomic E-state index is 0.0512. The molecule has 1 nitrogen and oxygen atoms in total. The van der Waals surface area contributed by atoms with E-state index in [9.17, 15) is 4.39 Å². The Morgan fingerprint density at radius 3 is 2.76 bits per heavy atom. The van der Waals surface area contributed by atoms with E-state index in [-0.39, 0.29) is 16.3 Å². The normalized spacial score (nSPS) is 27.9. The van der Waals surface area contributed by atoms with E-state index in [1.165, 1.54) is 0 Å². The van der Waals surface area contributed by atoms with Crippen LogP contribution in [0, 0.1) is 11.7 Å². The first-order chi connectivity index (χ1) is 8.09. The van der Waals surface area contributed by atoms with Gasteiger partial charge >= 0.3 is 0 Å². The number of hydrogen-bond acceptors (Lipinski definition) is 1. The molecule has 0 aliphatic heterocycles. The van der Waals surface area contributed by atoms with E-state index in [4.69, 9.17) is 11.6 Å². The van der Waals surface area contributed by atoms with Gasteiger partial charge in [-0.15, -0.1) is 0 Å². The van der Waals surface area contributed by atoms with Gasteiger partial charge in [-0.2, -0.15) is 0 Å². The first-order valence-corrected chi connectivity index (χ1v) is 6.62. The second-order valence-electron chi connectivity index (χ2n) is 5.18. The maximum absolute atomic E-state index is 14.1. The van der Waals surface area contributed by atoms with Gasteiger partial charge in [0.2, 0.25) is 0 Å². The summed E-state index contributed by atoms with van der Waals surface area (Å²) >= 11 is 5.88. The molecule has 0 unspecified atom stereocenters. The Balaban J connectivity index is 2.30. The Morgan fingerprint density at radius 2 is 2.18 bits per heavy atom. The molecular formula is C14H19ClFN. The number of nitrogens with one attached hydrogen (secondary N) is 1. The predicted octanol–water partition coefficient (Wildman–Crippen LogP) is 3.76. The Kier molecular flexibility index (Phi) is 3.74. The average molecular weight is 256 g/mol. The van der Waals surface area contributed by atoms with Gasteiger partial charge in [-0.1, -0.05) is 37.6 Å². The lowest BCUT2D eigenvalue weighted by Gasteiger charge is -2.47. The highest BCUT2D eigenvalue weighted by atomic mass is 35.5. The first kappa shape index (κ1) is 12.8. The van der Waals surface area contributed by atoms with Crippen LogP contribution in [0.15, 0.2) is 18.2 Å². The van der Waals surface area contributed by atoms with Gasteiger partial charge in [0.15, 0.2) is 0 Å². The summed E-state index contributed by atoms with van der Waals surface area (Å²) < 4.78 is 14.1. The molecule has 0 amide bonds. The lowest BCUT2D eigenvalue weighted by atomic mass is 9.59. The van der Waals surface area contributed by atoms with Crippen molar-refractivity contribution in [2.75, 3.05) is 13.1 Å². The minimum Gasteiger partial charge on any atom is -0.316 e. The van der Waals surface area contributed by atoms with Crippen LogP contribution in [-0.2, 0) is 5.41 Å². The molecule has 0 aromatic heterocycles. The fraction of sp³-hybridized carbons (Fsp3) is 0.571. The van der Waals surface area contributed by atoms with E-state index in [1.807, 2.05) is 12.1 Å². The third-order valence-electron chi connectivity index (χ3n) is 3.71. The molecule has 2 rings (SSSR count). The van der Waals surface area contributed by atoms with Crippen LogP contribution in [0.2, 0.25) is 5.02 Å². The van der Waals surface area contributed by atoms with Gasteiger partial charge in [-0.05, 0) is 36.9 Å². The molecule has 17 heavy (non-hydrogen) atoms. The third kappa shape index (κ3) is 2.34. The van der Waals surface area contributed by atoms with Crippen LogP contribution in [0.4, 0.5) is 4.39 Å². The zero-order chi connectivity index (χ0) is 12.5. The summed E-state index contributed by atoms with van der Waals surface area (Å²) in [6.45, 7) is 6.04. The van der Waals surface area contributed by atoms with Gasteiger partial charge in [0.1, 0.15) is 5.82 Å². The van der Waals surface area contributed by atoms with Crippen LogP contribution >= 0.6 is 11.6 Å². The molecule has 0 atom stereocenters. The summed E-state index contributed by atoms with van der Waals surface area (Å²) in [6, 6.07) is 5.34. The van der Waals surface area contributed by atoms with Crippen molar-refractivity contribution in [2.24, 2.45) is 5.92 Å². The fourth-order valence-corrected chi connectivity index (χ4v) is 3.19.